The number of nitriles is 4. The number of rotatable bonds is 0. The molecule has 0 atom stereocenters. The zero-order valence-corrected chi connectivity index (χ0v) is 12.6. The minimum absolute atomic E-state index is 0.0189. The van der Waals surface area contributed by atoms with E-state index < -0.39 is 0 Å². The molecule has 10 nitrogen and oxygen atoms in total. The van der Waals surface area contributed by atoms with E-state index in [2.05, 4.69) is 30.6 Å². The molecule has 4 rings (SSSR count). The molecular formula is C16H2N10. The molecule has 0 amide bonds. The van der Waals surface area contributed by atoms with E-state index in [-0.39, 0.29) is 44.6 Å². The van der Waals surface area contributed by atoms with Crippen molar-refractivity contribution in [1.82, 2.24) is 30.6 Å². The number of nitrogens with zero attached hydrogens (tertiary/aromatic N) is 10. The number of aromatic nitrogens is 6. The van der Waals surface area contributed by atoms with Gasteiger partial charge < -0.3 is 0 Å². The fraction of sp³-hybridized carbons (Fsp3) is 0. The number of fused-ring (bicyclic) bond motifs is 6. The lowest BCUT2D eigenvalue weighted by molar-refractivity contribution is 1.02. The predicted molar refractivity (Wildman–Crippen MR) is 84.6 cm³/mol. The van der Waals surface area contributed by atoms with Crippen LogP contribution in [-0.2, 0) is 0 Å². The average molecular weight is 334 g/mol. The van der Waals surface area contributed by atoms with Gasteiger partial charge in [-0.3, -0.25) is 0 Å². The Balaban J connectivity index is 2.40. The second kappa shape index (κ2) is 5.38. The summed E-state index contributed by atoms with van der Waals surface area (Å²) in [6, 6.07) is 10.5. The molecule has 0 aliphatic heterocycles. The van der Waals surface area contributed by atoms with Crippen molar-refractivity contribution < 1.29 is 0 Å². The molecule has 1 aromatic carbocycles. The van der Waals surface area contributed by atoms with Gasteiger partial charge in [-0.2, -0.15) is 21.0 Å². The van der Waals surface area contributed by atoms with Crippen molar-refractivity contribution in [2.75, 3.05) is 0 Å². The molecule has 0 radical (unpaired) electrons. The molecular weight excluding hydrogens is 332 g/mol. The van der Waals surface area contributed by atoms with E-state index in [1.807, 2.05) is 24.3 Å². The van der Waals surface area contributed by atoms with Gasteiger partial charge in [0.15, 0.2) is 17.1 Å². The van der Waals surface area contributed by atoms with Crippen molar-refractivity contribution in [2.24, 2.45) is 0 Å². The standard InChI is InChI=1S/C16H2N10/c17-3-7-1-9-10-2-8(4-18)22-25-15(10)16-13(14(9)24-21-7)11(5-19)12(6-20)23-26-16/h1-2H. The van der Waals surface area contributed by atoms with Crippen molar-refractivity contribution in [2.45, 2.75) is 0 Å². The van der Waals surface area contributed by atoms with E-state index >= 15 is 0 Å². The zero-order valence-electron chi connectivity index (χ0n) is 12.6. The average Bonchev–Trinajstić information content (AvgIpc) is 2.71. The minimum atomic E-state index is -0.159. The predicted octanol–water partition coefficient (Wildman–Crippen LogP) is 1.00. The van der Waals surface area contributed by atoms with Crippen LogP contribution < -0.4 is 0 Å². The molecule has 0 fully saturated rings. The first-order valence-electron chi connectivity index (χ1n) is 6.99. The minimum Gasteiger partial charge on any atom is -0.192 e. The van der Waals surface area contributed by atoms with Gasteiger partial charge in [0.2, 0.25) is 0 Å². The van der Waals surface area contributed by atoms with E-state index in [9.17, 15) is 10.5 Å². The van der Waals surface area contributed by atoms with Crippen LogP contribution in [-0.4, -0.2) is 30.6 Å². The molecule has 0 unspecified atom stereocenters. The summed E-state index contributed by atoms with van der Waals surface area (Å²) < 4.78 is 0. The highest BCUT2D eigenvalue weighted by Crippen LogP contribution is 2.33. The van der Waals surface area contributed by atoms with E-state index in [4.69, 9.17) is 10.5 Å². The Morgan fingerprint density at radius 3 is 1.73 bits per heavy atom. The summed E-state index contributed by atoms with van der Waals surface area (Å²) in [6.45, 7) is 0. The zero-order chi connectivity index (χ0) is 18.3. The molecule has 0 N–H and O–H groups in total. The Bertz CT molecular complexity index is 1420. The molecule has 0 saturated heterocycles. The van der Waals surface area contributed by atoms with Crippen LogP contribution in [0.1, 0.15) is 22.6 Å². The smallest absolute Gasteiger partial charge is 0.181 e. The summed E-state index contributed by atoms with van der Waals surface area (Å²) in [7, 11) is 0. The molecule has 4 aromatic rings. The van der Waals surface area contributed by atoms with Gasteiger partial charge in [0, 0.05) is 10.8 Å². The summed E-state index contributed by atoms with van der Waals surface area (Å²) >= 11 is 0. The van der Waals surface area contributed by atoms with Crippen LogP contribution >= 0.6 is 0 Å². The van der Waals surface area contributed by atoms with E-state index in [1.165, 1.54) is 12.1 Å². The topological polar surface area (TPSA) is 172 Å². The second-order valence-corrected chi connectivity index (χ2v) is 5.08. The Kier molecular flexibility index (Phi) is 3.06. The first kappa shape index (κ1) is 14.8. The van der Waals surface area contributed by atoms with E-state index in [1.54, 1.807) is 0 Å². The molecule has 3 aromatic heterocycles. The largest absolute Gasteiger partial charge is 0.192 e. The number of hydrogen-bond acceptors (Lipinski definition) is 10. The Morgan fingerprint density at radius 1 is 0.577 bits per heavy atom. The fourth-order valence-corrected chi connectivity index (χ4v) is 2.68. The van der Waals surface area contributed by atoms with Crippen molar-refractivity contribution in [1.29, 1.82) is 21.0 Å². The maximum atomic E-state index is 9.51. The van der Waals surface area contributed by atoms with Gasteiger partial charge in [-0.25, -0.2) is 0 Å². The summed E-state index contributed by atoms with van der Waals surface area (Å²) in [4.78, 5) is 0. The summed E-state index contributed by atoms with van der Waals surface area (Å²) in [6.07, 6.45) is 0. The van der Waals surface area contributed by atoms with Gasteiger partial charge in [0.1, 0.15) is 46.4 Å². The Morgan fingerprint density at radius 2 is 1.15 bits per heavy atom. The first-order chi connectivity index (χ1) is 12.7. The van der Waals surface area contributed by atoms with Crippen LogP contribution in [0.15, 0.2) is 12.1 Å². The maximum absolute atomic E-state index is 9.51. The van der Waals surface area contributed by atoms with Crippen molar-refractivity contribution in [3.05, 3.63) is 34.8 Å². The van der Waals surface area contributed by atoms with Crippen LogP contribution in [0, 0.1) is 45.3 Å². The van der Waals surface area contributed by atoms with E-state index in [0.29, 0.717) is 10.8 Å². The summed E-state index contributed by atoms with van der Waals surface area (Å²) in [5.41, 5.74) is 0.676. The molecule has 0 aliphatic carbocycles. The van der Waals surface area contributed by atoms with Crippen molar-refractivity contribution in [3.8, 4) is 24.3 Å². The lowest BCUT2D eigenvalue weighted by Crippen LogP contribution is -2.01. The highest BCUT2D eigenvalue weighted by molar-refractivity contribution is 6.23. The van der Waals surface area contributed by atoms with Gasteiger partial charge in [-0.1, -0.05) is 0 Å². The van der Waals surface area contributed by atoms with Crippen molar-refractivity contribution in [3.63, 3.8) is 0 Å². The van der Waals surface area contributed by atoms with Gasteiger partial charge in [-0.05, 0) is 12.1 Å². The molecule has 26 heavy (non-hydrogen) atoms. The molecule has 10 heteroatoms. The number of benzene rings is 1. The Labute approximate surface area is 144 Å². The highest BCUT2D eigenvalue weighted by atomic mass is 15.1. The van der Waals surface area contributed by atoms with Crippen LogP contribution in [0.25, 0.3) is 32.7 Å². The molecule has 3 heterocycles. The second-order valence-electron chi connectivity index (χ2n) is 5.08. The van der Waals surface area contributed by atoms with E-state index in [0.717, 1.165) is 0 Å². The first-order valence-corrected chi connectivity index (χ1v) is 6.99. The molecule has 116 valence electrons. The summed E-state index contributed by atoms with van der Waals surface area (Å²) in [5.74, 6) is 0. The Hall–Kier alpha value is -4.80. The third-order valence-corrected chi connectivity index (χ3v) is 3.76. The quantitative estimate of drug-likeness (QED) is 0.422. The van der Waals surface area contributed by atoms with Gasteiger partial charge in [0.25, 0.3) is 0 Å². The normalized spacial score (nSPS) is 10.2. The van der Waals surface area contributed by atoms with Crippen molar-refractivity contribution >= 4 is 32.7 Å². The highest BCUT2D eigenvalue weighted by Gasteiger charge is 2.20. The van der Waals surface area contributed by atoms with Crippen LogP contribution in [0.2, 0.25) is 0 Å². The molecule has 0 bridgehead atoms. The molecule has 0 spiro atoms. The molecule has 0 aliphatic rings. The SMILES string of the molecule is N#Cc1cc2c3cc(C#N)nnc3c3c(C#N)c(C#N)nnc3c2nn1. The lowest BCUT2D eigenvalue weighted by atomic mass is 10.0. The summed E-state index contributed by atoms with van der Waals surface area (Å²) in [5, 5.41) is 61.5. The lowest BCUT2D eigenvalue weighted by Gasteiger charge is -2.08. The molecule has 0 saturated carbocycles. The maximum Gasteiger partial charge on any atom is 0.181 e. The number of hydrogen-bond donors (Lipinski definition) is 0. The van der Waals surface area contributed by atoms with Crippen LogP contribution in [0.3, 0.4) is 0 Å². The van der Waals surface area contributed by atoms with Crippen LogP contribution in [0.4, 0.5) is 0 Å². The van der Waals surface area contributed by atoms with Gasteiger partial charge in [0.05, 0.1) is 5.39 Å². The van der Waals surface area contributed by atoms with Gasteiger partial charge in [-0.15, -0.1) is 30.6 Å². The van der Waals surface area contributed by atoms with Crippen LogP contribution in [0.5, 0.6) is 0 Å². The third-order valence-electron chi connectivity index (χ3n) is 3.76. The third kappa shape index (κ3) is 1.88. The fourth-order valence-electron chi connectivity index (χ4n) is 2.68. The monoisotopic (exact) mass is 334 g/mol. The van der Waals surface area contributed by atoms with Gasteiger partial charge >= 0.3 is 0 Å².